The lowest BCUT2D eigenvalue weighted by Gasteiger charge is -2.06. The van der Waals surface area contributed by atoms with E-state index in [0.717, 1.165) is 23.2 Å². The zero-order chi connectivity index (χ0) is 22.1. The third-order valence-corrected chi connectivity index (χ3v) is 4.81. The molecule has 0 saturated heterocycles. The molecule has 0 spiro atoms. The van der Waals surface area contributed by atoms with Crippen molar-refractivity contribution in [3.63, 3.8) is 0 Å². The fourth-order valence-corrected chi connectivity index (χ4v) is 3.06. The van der Waals surface area contributed by atoms with Crippen LogP contribution in [0.15, 0.2) is 58.2 Å². The first-order valence-electron chi connectivity index (χ1n) is 9.47. The maximum Gasteiger partial charge on any atom is 0.338 e. The van der Waals surface area contributed by atoms with E-state index in [0.29, 0.717) is 35.5 Å². The van der Waals surface area contributed by atoms with Crippen molar-refractivity contribution >= 4 is 35.0 Å². The van der Waals surface area contributed by atoms with Gasteiger partial charge in [0.2, 0.25) is 11.8 Å². The highest BCUT2D eigenvalue weighted by Crippen LogP contribution is 2.19. The maximum absolute atomic E-state index is 12.1. The zero-order valence-corrected chi connectivity index (χ0v) is 17.9. The highest BCUT2D eigenvalue weighted by molar-refractivity contribution is 7.99. The number of anilines is 2. The summed E-state index contributed by atoms with van der Waals surface area (Å²) in [6, 6.07) is 13.9. The van der Waals surface area contributed by atoms with Crippen LogP contribution in [-0.4, -0.2) is 41.5 Å². The molecule has 0 aliphatic rings. The summed E-state index contributed by atoms with van der Waals surface area (Å²) in [5.74, 6) is 0.658. The smallest absolute Gasteiger partial charge is 0.338 e. The van der Waals surface area contributed by atoms with Crippen molar-refractivity contribution in [3.8, 4) is 5.75 Å². The summed E-state index contributed by atoms with van der Waals surface area (Å²) in [6.07, 6.45) is 0. The topological polar surface area (TPSA) is 116 Å². The summed E-state index contributed by atoms with van der Waals surface area (Å²) in [5.41, 5.74) is 1.89. The van der Waals surface area contributed by atoms with Gasteiger partial charge in [0.15, 0.2) is 0 Å². The highest BCUT2D eigenvalue weighted by Gasteiger charge is 2.11. The number of carbonyl (C=O) groups excluding carboxylic acids is 2. The number of aromatic nitrogens is 2. The molecule has 0 fully saturated rings. The fourth-order valence-electron chi connectivity index (χ4n) is 2.48. The number of carbonyl (C=O) groups is 2. The van der Waals surface area contributed by atoms with Crippen LogP contribution in [0.5, 0.6) is 5.75 Å². The number of rotatable bonds is 10. The van der Waals surface area contributed by atoms with Gasteiger partial charge in [0.1, 0.15) is 5.75 Å². The third kappa shape index (κ3) is 6.75. The second kappa shape index (κ2) is 11.0. The molecule has 9 nitrogen and oxygen atoms in total. The van der Waals surface area contributed by atoms with Crippen LogP contribution in [0.4, 0.5) is 11.4 Å². The number of benzene rings is 2. The molecule has 10 heteroatoms. The Morgan fingerprint density at radius 2 is 1.74 bits per heavy atom. The standard InChI is InChI=1S/C21H22N4O5S/c1-3-29-20(27)14-4-6-16(7-5-14)23-18(26)13-31-21-25-24-19(30-21)12-22-15-8-10-17(28-2)11-9-15/h4-11,22H,3,12-13H2,1-2H3,(H,23,26). The number of nitrogens with zero attached hydrogens (tertiary/aromatic N) is 2. The third-order valence-electron chi connectivity index (χ3n) is 3.99. The van der Waals surface area contributed by atoms with Crippen LogP contribution in [0.3, 0.4) is 0 Å². The van der Waals surface area contributed by atoms with Gasteiger partial charge in [-0.25, -0.2) is 4.79 Å². The summed E-state index contributed by atoms with van der Waals surface area (Å²) in [5, 5.41) is 14.1. The van der Waals surface area contributed by atoms with Gasteiger partial charge in [-0.2, -0.15) is 0 Å². The molecule has 0 aliphatic carbocycles. The number of nitrogens with one attached hydrogen (secondary N) is 2. The molecule has 2 aromatic carbocycles. The summed E-state index contributed by atoms with van der Waals surface area (Å²) >= 11 is 1.14. The van der Waals surface area contributed by atoms with Crippen LogP contribution in [0.2, 0.25) is 0 Å². The average Bonchev–Trinajstić information content (AvgIpc) is 3.25. The predicted octanol–water partition coefficient (Wildman–Crippen LogP) is 3.60. The first-order valence-corrected chi connectivity index (χ1v) is 10.5. The van der Waals surface area contributed by atoms with Crippen molar-refractivity contribution in [1.82, 2.24) is 10.2 Å². The van der Waals surface area contributed by atoms with Gasteiger partial charge in [-0.3, -0.25) is 4.79 Å². The van der Waals surface area contributed by atoms with E-state index in [1.807, 2.05) is 24.3 Å². The quantitative estimate of drug-likeness (QED) is 0.359. The van der Waals surface area contributed by atoms with Gasteiger partial charge in [-0.05, 0) is 55.5 Å². The van der Waals surface area contributed by atoms with Gasteiger partial charge in [0.05, 0.1) is 31.6 Å². The number of hydrogen-bond acceptors (Lipinski definition) is 9. The molecule has 3 rings (SSSR count). The second-order valence-corrected chi connectivity index (χ2v) is 7.11. The summed E-state index contributed by atoms with van der Waals surface area (Å²) in [7, 11) is 1.61. The lowest BCUT2D eigenvalue weighted by molar-refractivity contribution is -0.113. The molecule has 0 bridgehead atoms. The van der Waals surface area contributed by atoms with Crippen LogP contribution in [0.1, 0.15) is 23.2 Å². The summed E-state index contributed by atoms with van der Waals surface area (Å²) < 4.78 is 15.6. The van der Waals surface area contributed by atoms with E-state index in [2.05, 4.69) is 20.8 Å². The van der Waals surface area contributed by atoms with Gasteiger partial charge < -0.3 is 24.5 Å². The van der Waals surface area contributed by atoms with Crippen molar-refractivity contribution in [2.24, 2.45) is 0 Å². The molecule has 31 heavy (non-hydrogen) atoms. The monoisotopic (exact) mass is 442 g/mol. The van der Waals surface area contributed by atoms with Crippen LogP contribution >= 0.6 is 11.8 Å². The molecule has 1 aromatic heterocycles. The van der Waals surface area contributed by atoms with Crippen molar-refractivity contribution in [2.45, 2.75) is 18.7 Å². The molecule has 1 amide bonds. The van der Waals surface area contributed by atoms with E-state index >= 15 is 0 Å². The molecule has 0 radical (unpaired) electrons. The minimum atomic E-state index is -0.399. The predicted molar refractivity (Wildman–Crippen MR) is 116 cm³/mol. The van der Waals surface area contributed by atoms with Gasteiger partial charge >= 0.3 is 5.97 Å². The minimum Gasteiger partial charge on any atom is -0.497 e. The molecule has 0 aliphatic heterocycles. The Morgan fingerprint density at radius 3 is 2.42 bits per heavy atom. The van der Waals surface area contributed by atoms with Gasteiger partial charge in [-0.15, -0.1) is 10.2 Å². The molecule has 0 unspecified atom stereocenters. The van der Waals surface area contributed by atoms with Gasteiger partial charge in [-0.1, -0.05) is 11.8 Å². The maximum atomic E-state index is 12.1. The molecule has 2 N–H and O–H groups in total. The number of hydrogen-bond donors (Lipinski definition) is 2. The highest BCUT2D eigenvalue weighted by atomic mass is 32.2. The first-order chi connectivity index (χ1) is 15.1. The Bertz CT molecular complexity index is 1010. The number of ether oxygens (including phenoxy) is 2. The number of thioether (sulfide) groups is 1. The molecule has 3 aromatic rings. The van der Waals surface area contributed by atoms with E-state index in [1.165, 1.54) is 0 Å². The van der Waals surface area contributed by atoms with Gasteiger partial charge in [0.25, 0.3) is 5.22 Å². The Morgan fingerprint density at radius 1 is 1.03 bits per heavy atom. The van der Waals surface area contributed by atoms with Crippen LogP contribution in [-0.2, 0) is 16.1 Å². The zero-order valence-electron chi connectivity index (χ0n) is 17.1. The minimum absolute atomic E-state index is 0.104. The fraction of sp³-hybridized carbons (Fsp3) is 0.238. The lowest BCUT2D eigenvalue weighted by Crippen LogP contribution is -2.14. The number of amides is 1. The molecular weight excluding hydrogens is 420 g/mol. The second-order valence-electron chi connectivity index (χ2n) is 6.18. The normalized spacial score (nSPS) is 10.4. The SMILES string of the molecule is CCOC(=O)c1ccc(NC(=O)CSc2nnc(CNc3ccc(OC)cc3)o2)cc1. The average molecular weight is 442 g/mol. The van der Waals surface area contributed by atoms with E-state index in [1.54, 1.807) is 38.3 Å². The van der Waals surface area contributed by atoms with E-state index < -0.39 is 5.97 Å². The Balaban J connectivity index is 1.43. The van der Waals surface area contributed by atoms with Crippen LogP contribution in [0, 0.1) is 0 Å². The van der Waals surface area contributed by atoms with E-state index in [-0.39, 0.29) is 11.7 Å². The summed E-state index contributed by atoms with van der Waals surface area (Å²) in [6.45, 7) is 2.41. The summed E-state index contributed by atoms with van der Waals surface area (Å²) in [4.78, 5) is 23.8. The van der Waals surface area contributed by atoms with Crippen molar-refractivity contribution in [3.05, 3.63) is 60.0 Å². The Labute approximate surface area is 183 Å². The Kier molecular flexibility index (Phi) is 7.88. The first kappa shape index (κ1) is 22.2. The Hall–Kier alpha value is -3.53. The largest absolute Gasteiger partial charge is 0.497 e. The molecule has 0 atom stereocenters. The van der Waals surface area contributed by atoms with E-state index in [4.69, 9.17) is 13.9 Å². The number of esters is 1. The molecule has 162 valence electrons. The molecular formula is C21H22N4O5S. The van der Waals surface area contributed by atoms with Crippen molar-refractivity contribution in [2.75, 3.05) is 30.1 Å². The van der Waals surface area contributed by atoms with E-state index in [9.17, 15) is 9.59 Å². The van der Waals surface area contributed by atoms with Crippen LogP contribution < -0.4 is 15.4 Å². The van der Waals surface area contributed by atoms with Crippen LogP contribution in [0.25, 0.3) is 0 Å². The van der Waals surface area contributed by atoms with Crippen molar-refractivity contribution in [1.29, 1.82) is 0 Å². The van der Waals surface area contributed by atoms with Gasteiger partial charge in [0, 0.05) is 11.4 Å². The lowest BCUT2D eigenvalue weighted by atomic mass is 10.2. The molecule has 0 saturated carbocycles. The van der Waals surface area contributed by atoms with Crippen molar-refractivity contribution < 1.29 is 23.5 Å². The molecule has 1 heterocycles. The number of methoxy groups -OCH3 is 1.